The second-order valence-corrected chi connectivity index (χ2v) is 5.46. The van der Waals surface area contributed by atoms with Gasteiger partial charge in [0.05, 0.1) is 6.10 Å². The minimum Gasteiger partial charge on any atom is -0.377 e. The Bertz CT molecular complexity index is 153. The molecule has 0 spiro atoms. The number of nitrogens with one attached hydrogen (secondary N) is 1. The Labute approximate surface area is 91.2 Å². The highest BCUT2D eigenvalue weighted by atomic mass is 32.2. The van der Waals surface area contributed by atoms with E-state index in [1.807, 2.05) is 0 Å². The summed E-state index contributed by atoms with van der Waals surface area (Å²) in [5.41, 5.74) is 0. The van der Waals surface area contributed by atoms with Crippen LogP contribution in [0.25, 0.3) is 0 Å². The van der Waals surface area contributed by atoms with Crippen LogP contribution >= 0.6 is 11.8 Å². The van der Waals surface area contributed by atoms with Crippen molar-refractivity contribution in [1.29, 1.82) is 0 Å². The van der Waals surface area contributed by atoms with Crippen LogP contribution in [0.2, 0.25) is 0 Å². The number of thioether (sulfide) groups is 1. The van der Waals surface area contributed by atoms with Crippen LogP contribution in [0.1, 0.15) is 25.7 Å². The van der Waals surface area contributed by atoms with Crippen molar-refractivity contribution < 1.29 is 4.74 Å². The second kappa shape index (κ2) is 5.99. The SMILES string of the molecule is C1CNCC(CSCC2CCCO2)C1. The first-order chi connectivity index (χ1) is 6.95. The van der Waals surface area contributed by atoms with Crippen molar-refractivity contribution >= 4 is 11.8 Å². The highest BCUT2D eigenvalue weighted by Gasteiger charge is 2.17. The van der Waals surface area contributed by atoms with Crippen LogP contribution in [0.15, 0.2) is 0 Å². The molecule has 0 radical (unpaired) electrons. The zero-order valence-corrected chi connectivity index (χ0v) is 9.65. The molecule has 2 unspecified atom stereocenters. The lowest BCUT2D eigenvalue weighted by atomic mass is 10.0. The van der Waals surface area contributed by atoms with Gasteiger partial charge < -0.3 is 10.1 Å². The fourth-order valence-electron chi connectivity index (χ4n) is 2.21. The molecule has 14 heavy (non-hydrogen) atoms. The minimum absolute atomic E-state index is 0.566. The van der Waals surface area contributed by atoms with Crippen molar-refractivity contribution in [2.24, 2.45) is 5.92 Å². The third-order valence-electron chi connectivity index (χ3n) is 3.08. The summed E-state index contributed by atoms with van der Waals surface area (Å²) in [4.78, 5) is 0. The third kappa shape index (κ3) is 3.44. The van der Waals surface area contributed by atoms with Gasteiger partial charge in [0.15, 0.2) is 0 Å². The topological polar surface area (TPSA) is 21.3 Å². The molecule has 0 aliphatic carbocycles. The Morgan fingerprint density at radius 2 is 2.21 bits per heavy atom. The summed E-state index contributed by atoms with van der Waals surface area (Å²) < 4.78 is 5.61. The molecule has 82 valence electrons. The second-order valence-electron chi connectivity index (χ2n) is 4.38. The molecule has 0 aromatic rings. The summed E-state index contributed by atoms with van der Waals surface area (Å²) >= 11 is 2.09. The van der Waals surface area contributed by atoms with E-state index in [0.717, 1.165) is 12.5 Å². The first-order valence-corrected chi connectivity index (χ1v) is 7.00. The molecule has 2 heterocycles. The van der Waals surface area contributed by atoms with Gasteiger partial charge in [0.2, 0.25) is 0 Å². The van der Waals surface area contributed by atoms with Crippen molar-refractivity contribution in [2.45, 2.75) is 31.8 Å². The molecule has 2 fully saturated rings. The van der Waals surface area contributed by atoms with E-state index >= 15 is 0 Å². The van der Waals surface area contributed by atoms with E-state index in [0.29, 0.717) is 6.10 Å². The van der Waals surface area contributed by atoms with Gasteiger partial charge in [-0.1, -0.05) is 0 Å². The molecule has 2 aliphatic rings. The van der Waals surface area contributed by atoms with Crippen LogP contribution in [-0.4, -0.2) is 37.3 Å². The molecule has 2 atom stereocenters. The summed E-state index contributed by atoms with van der Waals surface area (Å²) in [6.07, 6.45) is 5.92. The van der Waals surface area contributed by atoms with E-state index in [1.165, 1.54) is 50.3 Å². The molecule has 2 nitrogen and oxygen atoms in total. The maximum atomic E-state index is 5.61. The number of ether oxygens (including phenoxy) is 1. The smallest absolute Gasteiger partial charge is 0.0666 e. The fourth-order valence-corrected chi connectivity index (χ4v) is 3.49. The van der Waals surface area contributed by atoms with E-state index < -0.39 is 0 Å². The van der Waals surface area contributed by atoms with Gasteiger partial charge in [-0.2, -0.15) is 11.8 Å². The molecule has 0 aromatic heterocycles. The van der Waals surface area contributed by atoms with E-state index in [4.69, 9.17) is 4.74 Å². The summed E-state index contributed by atoms with van der Waals surface area (Å²) in [6, 6.07) is 0. The number of rotatable bonds is 4. The highest BCUT2D eigenvalue weighted by molar-refractivity contribution is 7.99. The Kier molecular flexibility index (Phi) is 4.61. The van der Waals surface area contributed by atoms with E-state index in [-0.39, 0.29) is 0 Å². The maximum absolute atomic E-state index is 5.61. The first kappa shape index (κ1) is 10.8. The van der Waals surface area contributed by atoms with Gasteiger partial charge in [0.25, 0.3) is 0 Å². The summed E-state index contributed by atoms with van der Waals surface area (Å²) in [7, 11) is 0. The Morgan fingerprint density at radius 3 is 2.93 bits per heavy atom. The molecular formula is C11H21NOS. The largest absolute Gasteiger partial charge is 0.377 e. The summed E-state index contributed by atoms with van der Waals surface area (Å²) in [5.74, 6) is 3.46. The average Bonchev–Trinajstić information content (AvgIpc) is 2.72. The zero-order chi connectivity index (χ0) is 9.64. The number of hydrogen-bond donors (Lipinski definition) is 1. The van der Waals surface area contributed by atoms with Crippen molar-refractivity contribution in [1.82, 2.24) is 5.32 Å². The molecule has 2 rings (SSSR count). The van der Waals surface area contributed by atoms with Crippen molar-refractivity contribution in [3.05, 3.63) is 0 Å². The van der Waals surface area contributed by atoms with Crippen LogP contribution in [0.5, 0.6) is 0 Å². The molecular weight excluding hydrogens is 194 g/mol. The number of hydrogen-bond acceptors (Lipinski definition) is 3. The van der Waals surface area contributed by atoms with Gasteiger partial charge in [-0.15, -0.1) is 0 Å². The van der Waals surface area contributed by atoms with E-state index in [2.05, 4.69) is 17.1 Å². The predicted octanol–water partition coefficient (Wildman–Crippen LogP) is 1.90. The van der Waals surface area contributed by atoms with Gasteiger partial charge in [0, 0.05) is 12.4 Å². The van der Waals surface area contributed by atoms with E-state index in [9.17, 15) is 0 Å². The lowest BCUT2D eigenvalue weighted by Crippen LogP contribution is -2.31. The lowest BCUT2D eigenvalue weighted by Gasteiger charge is -2.22. The van der Waals surface area contributed by atoms with Crippen LogP contribution in [-0.2, 0) is 4.74 Å². The monoisotopic (exact) mass is 215 g/mol. The van der Waals surface area contributed by atoms with Crippen molar-refractivity contribution in [3.8, 4) is 0 Å². The Balaban J connectivity index is 1.52. The van der Waals surface area contributed by atoms with Crippen LogP contribution < -0.4 is 5.32 Å². The summed E-state index contributed by atoms with van der Waals surface area (Å²) in [6.45, 7) is 3.46. The van der Waals surface area contributed by atoms with Crippen LogP contribution in [0.4, 0.5) is 0 Å². The van der Waals surface area contributed by atoms with Crippen molar-refractivity contribution in [2.75, 3.05) is 31.2 Å². The maximum Gasteiger partial charge on any atom is 0.0666 e. The van der Waals surface area contributed by atoms with Gasteiger partial charge in [-0.3, -0.25) is 0 Å². The molecule has 1 N–H and O–H groups in total. The predicted molar refractivity (Wildman–Crippen MR) is 61.9 cm³/mol. The van der Waals surface area contributed by atoms with Gasteiger partial charge in [-0.05, 0) is 50.4 Å². The quantitative estimate of drug-likeness (QED) is 0.774. The van der Waals surface area contributed by atoms with Gasteiger partial charge in [-0.25, -0.2) is 0 Å². The Hall–Kier alpha value is 0.270. The summed E-state index contributed by atoms with van der Waals surface area (Å²) in [5, 5.41) is 3.47. The zero-order valence-electron chi connectivity index (χ0n) is 8.84. The fraction of sp³-hybridized carbons (Fsp3) is 1.00. The Morgan fingerprint density at radius 1 is 1.21 bits per heavy atom. The first-order valence-electron chi connectivity index (χ1n) is 5.85. The molecule has 0 saturated carbocycles. The van der Waals surface area contributed by atoms with Gasteiger partial charge >= 0.3 is 0 Å². The molecule has 0 aromatic carbocycles. The molecule has 0 amide bonds. The molecule has 2 saturated heterocycles. The lowest BCUT2D eigenvalue weighted by molar-refractivity contribution is 0.129. The van der Waals surface area contributed by atoms with Crippen LogP contribution in [0, 0.1) is 5.92 Å². The minimum atomic E-state index is 0.566. The van der Waals surface area contributed by atoms with Gasteiger partial charge in [0.1, 0.15) is 0 Å². The van der Waals surface area contributed by atoms with Crippen LogP contribution in [0.3, 0.4) is 0 Å². The number of piperidine rings is 1. The molecule has 3 heteroatoms. The molecule has 2 aliphatic heterocycles. The normalized spacial score (nSPS) is 33.4. The third-order valence-corrected chi connectivity index (χ3v) is 4.39. The standard InChI is InChI=1S/C11H21NOS/c1-3-10(7-12-5-1)8-14-9-11-4-2-6-13-11/h10-12H,1-9H2. The van der Waals surface area contributed by atoms with E-state index in [1.54, 1.807) is 0 Å². The highest BCUT2D eigenvalue weighted by Crippen LogP contribution is 2.21. The molecule has 0 bridgehead atoms. The van der Waals surface area contributed by atoms with Crippen molar-refractivity contribution in [3.63, 3.8) is 0 Å². The average molecular weight is 215 g/mol.